The van der Waals surface area contributed by atoms with Crippen molar-refractivity contribution in [3.63, 3.8) is 0 Å². The van der Waals surface area contributed by atoms with E-state index in [-0.39, 0.29) is 0 Å². The fraction of sp³-hybridized carbons (Fsp3) is 0.824. The Bertz CT molecular complexity index is 357. The van der Waals surface area contributed by atoms with Crippen molar-refractivity contribution in [2.75, 3.05) is 26.3 Å². The number of nitrogens with zero attached hydrogens (tertiary/aromatic N) is 1. The van der Waals surface area contributed by atoms with Crippen LogP contribution in [0.5, 0.6) is 0 Å². The lowest BCUT2D eigenvalue weighted by atomic mass is 9.94. The summed E-state index contributed by atoms with van der Waals surface area (Å²) < 4.78 is 5.40. The maximum Gasteiger partial charge on any atom is 0.0546 e. The van der Waals surface area contributed by atoms with E-state index in [1.807, 2.05) is 13.8 Å². The summed E-state index contributed by atoms with van der Waals surface area (Å²) in [6.07, 6.45) is 4.19. The minimum absolute atomic E-state index is 0.432. The SMILES string of the molecule is CC.CCC(C)/C(N)=C1\CNCCC1=NC1CCOCC1. The van der Waals surface area contributed by atoms with Crippen LogP contribution in [0.25, 0.3) is 0 Å². The molecule has 0 radical (unpaired) electrons. The van der Waals surface area contributed by atoms with E-state index < -0.39 is 0 Å². The molecule has 0 aromatic carbocycles. The van der Waals surface area contributed by atoms with Gasteiger partial charge in [-0.1, -0.05) is 27.7 Å². The van der Waals surface area contributed by atoms with Gasteiger partial charge in [-0.2, -0.15) is 0 Å². The molecule has 122 valence electrons. The Labute approximate surface area is 130 Å². The van der Waals surface area contributed by atoms with Gasteiger partial charge < -0.3 is 15.8 Å². The Morgan fingerprint density at radius 1 is 1.38 bits per heavy atom. The van der Waals surface area contributed by atoms with Gasteiger partial charge in [0.1, 0.15) is 0 Å². The molecule has 0 saturated carbocycles. The number of allylic oxidation sites excluding steroid dienone is 1. The summed E-state index contributed by atoms with van der Waals surface area (Å²) in [5.74, 6) is 0.440. The lowest BCUT2D eigenvalue weighted by molar-refractivity contribution is 0.0870. The molecule has 0 amide bonds. The molecular weight excluding hydrogens is 262 g/mol. The Balaban J connectivity index is 0.00000106. The number of nitrogens with one attached hydrogen (secondary N) is 1. The van der Waals surface area contributed by atoms with E-state index in [4.69, 9.17) is 15.5 Å². The molecule has 0 bridgehead atoms. The van der Waals surface area contributed by atoms with Gasteiger partial charge in [-0.25, -0.2) is 0 Å². The first-order valence-corrected chi connectivity index (χ1v) is 8.56. The van der Waals surface area contributed by atoms with Crippen molar-refractivity contribution < 1.29 is 4.74 Å². The third kappa shape index (κ3) is 5.44. The van der Waals surface area contributed by atoms with Crippen molar-refractivity contribution in [3.8, 4) is 0 Å². The molecule has 2 saturated heterocycles. The predicted octanol–water partition coefficient (Wildman–Crippen LogP) is 2.88. The third-order valence-corrected chi connectivity index (χ3v) is 4.21. The molecule has 0 aromatic rings. The number of hydrogen-bond acceptors (Lipinski definition) is 4. The van der Waals surface area contributed by atoms with Crippen LogP contribution in [0.4, 0.5) is 0 Å². The zero-order chi connectivity index (χ0) is 15.7. The second kappa shape index (κ2) is 9.96. The van der Waals surface area contributed by atoms with Crippen LogP contribution < -0.4 is 11.1 Å². The minimum atomic E-state index is 0.432. The fourth-order valence-electron chi connectivity index (χ4n) is 2.64. The highest BCUT2D eigenvalue weighted by Gasteiger charge is 2.21. The summed E-state index contributed by atoms with van der Waals surface area (Å²) in [6.45, 7) is 12.0. The normalized spacial score (nSPS) is 26.0. The summed E-state index contributed by atoms with van der Waals surface area (Å²) in [5, 5.41) is 3.42. The molecule has 2 heterocycles. The molecule has 2 aliphatic rings. The zero-order valence-electron chi connectivity index (χ0n) is 14.2. The van der Waals surface area contributed by atoms with Crippen LogP contribution in [0, 0.1) is 5.92 Å². The average molecular weight is 295 g/mol. The highest BCUT2D eigenvalue weighted by molar-refractivity contribution is 6.02. The van der Waals surface area contributed by atoms with E-state index in [2.05, 4.69) is 19.2 Å². The minimum Gasteiger partial charge on any atom is -0.402 e. The summed E-state index contributed by atoms with van der Waals surface area (Å²) in [5.41, 5.74) is 9.86. The maximum atomic E-state index is 6.33. The van der Waals surface area contributed by atoms with Crippen molar-refractivity contribution in [3.05, 3.63) is 11.3 Å². The molecule has 0 aliphatic carbocycles. The number of ether oxygens (including phenoxy) is 1. The molecule has 1 unspecified atom stereocenters. The Morgan fingerprint density at radius 3 is 2.67 bits per heavy atom. The van der Waals surface area contributed by atoms with Crippen LogP contribution in [-0.4, -0.2) is 38.1 Å². The van der Waals surface area contributed by atoms with Crippen LogP contribution in [0.3, 0.4) is 0 Å². The standard InChI is InChI=1S/C15H27N3O.C2H6/c1-3-11(2)15(16)13-10-17-7-4-14(13)18-12-5-8-19-9-6-12;1-2/h11-12,17H,3-10,16H2,1-2H3;1-2H3/b15-13-,18-14?;. The second-order valence-electron chi connectivity index (χ2n) is 5.59. The second-order valence-corrected chi connectivity index (χ2v) is 5.59. The first-order chi connectivity index (χ1) is 10.2. The average Bonchev–Trinajstić information content (AvgIpc) is 2.57. The fourth-order valence-corrected chi connectivity index (χ4v) is 2.64. The molecule has 2 aliphatic heterocycles. The van der Waals surface area contributed by atoms with E-state index >= 15 is 0 Å². The quantitative estimate of drug-likeness (QED) is 0.841. The van der Waals surface area contributed by atoms with Crippen molar-refractivity contribution in [1.82, 2.24) is 5.32 Å². The number of piperidine rings is 1. The largest absolute Gasteiger partial charge is 0.402 e. The van der Waals surface area contributed by atoms with Gasteiger partial charge in [0.15, 0.2) is 0 Å². The van der Waals surface area contributed by atoms with Gasteiger partial charge in [0.05, 0.1) is 6.04 Å². The van der Waals surface area contributed by atoms with Gasteiger partial charge >= 0.3 is 0 Å². The van der Waals surface area contributed by atoms with Gasteiger partial charge in [-0.05, 0) is 25.2 Å². The van der Waals surface area contributed by atoms with Crippen molar-refractivity contribution in [1.29, 1.82) is 0 Å². The number of hydrogen-bond donors (Lipinski definition) is 2. The number of aliphatic imine (C=N–C) groups is 1. The van der Waals surface area contributed by atoms with Gasteiger partial charge in [-0.3, -0.25) is 4.99 Å². The van der Waals surface area contributed by atoms with Crippen LogP contribution in [0.2, 0.25) is 0 Å². The predicted molar refractivity (Wildman–Crippen MR) is 90.8 cm³/mol. The lowest BCUT2D eigenvalue weighted by Gasteiger charge is -2.26. The molecule has 2 rings (SSSR count). The van der Waals surface area contributed by atoms with Gasteiger partial charge in [0.25, 0.3) is 0 Å². The molecule has 21 heavy (non-hydrogen) atoms. The van der Waals surface area contributed by atoms with Crippen LogP contribution in [0.15, 0.2) is 16.3 Å². The number of nitrogens with two attached hydrogens (primary N) is 1. The molecule has 0 spiro atoms. The first kappa shape index (κ1) is 18.2. The highest BCUT2D eigenvalue weighted by Crippen LogP contribution is 2.20. The topological polar surface area (TPSA) is 59.6 Å². The number of rotatable bonds is 3. The van der Waals surface area contributed by atoms with Gasteiger partial charge in [0.2, 0.25) is 0 Å². The Morgan fingerprint density at radius 2 is 2.05 bits per heavy atom. The van der Waals surface area contributed by atoms with Crippen molar-refractivity contribution in [2.24, 2.45) is 16.6 Å². The smallest absolute Gasteiger partial charge is 0.0546 e. The van der Waals surface area contributed by atoms with Crippen molar-refractivity contribution in [2.45, 2.75) is 59.4 Å². The summed E-state index contributed by atoms with van der Waals surface area (Å²) in [7, 11) is 0. The molecular formula is C17H33N3O. The first-order valence-electron chi connectivity index (χ1n) is 8.56. The zero-order valence-corrected chi connectivity index (χ0v) is 14.2. The van der Waals surface area contributed by atoms with E-state index in [9.17, 15) is 0 Å². The van der Waals surface area contributed by atoms with Gasteiger partial charge in [-0.15, -0.1) is 0 Å². The molecule has 4 heteroatoms. The monoisotopic (exact) mass is 295 g/mol. The third-order valence-electron chi connectivity index (χ3n) is 4.21. The van der Waals surface area contributed by atoms with E-state index in [1.165, 1.54) is 11.3 Å². The van der Waals surface area contributed by atoms with E-state index in [1.54, 1.807) is 0 Å². The van der Waals surface area contributed by atoms with Gasteiger partial charge in [0, 0.05) is 49.7 Å². The molecule has 4 nitrogen and oxygen atoms in total. The molecule has 2 fully saturated rings. The Kier molecular flexibility index (Phi) is 8.62. The van der Waals surface area contributed by atoms with Crippen molar-refractivity contribution >= 4 is 5.71 Å². The highest BCUT2D eigenvalue weighted by atomic mass is 16.5. The Hall–Kier alpha value is -0.870. The molecule has 1 atom stereocenters. The van der Waals surface area contributed by atoms with Crippen LogP contribution in [-0.2, 0) is 4.74 Å². The van der Waals surface area contributed by atoms with E-state index in [0.717, 1.165) is 57.7 Å². The lowest BCUT2D eigenvalue weighted by Crippen LogP contribution is -2.35. The van der Waals surface area contributed by atoms with Crippen LogP contribution in [0.1, 0.15) is 53.4 Å². The maximum absolute atomic E-state index is 6.33. The summed E-state index contributed by atoms with van der Waals surface area (Å²) >= 11 is 0. The summed E-state index contributed by atoms with van der Waals surface area (Å²) in [4.78, 5) is 4.97. The van der Waals surface area contributed by atoms with E-state index in [0.29, 0.717) is 12.0 Å². The summed E-state index contributed by atoms with van der Waals surface area (Å²) in [6, 6.07) is 0.432. The molecule has 0 aromatic heterocycles. The molecule has 3 N–H and O–H groups in total. The van der Waals surface area contributed by atoms with Crippen LogP contribution >= 0.6 is 0 Å².